The van der Waals surface area contributed by atoms with Crippen molar-refractivity contribution in [2.24, 2.45) is 0 Å². The van der Waals surface area contributed by atoms with Crippen LogP contribution in [0.2, 0.25) is 10.0 Å². The lowest BCUT2D eigenvalue weighted by Gasteiger charge is -2.17. The predicted molar refractivity (Wildman–Crippen MR) is 76.2 cm³/mol. The van der Waals surface area contributed by atoms with Gasteiger partial charge in [-0.05, 0) is 31.5 Å². The molecule has 0 heterocycles. The van der Waals surface area contributed by atoms with Gasteiger partial charge in [0.15, 0.2) is 12.2 Å². The number of nitrogens with one attached hydrogen (secondary N) is 1. The van der Waals surface area contributed by atoms with Gasteiger partial charge in [0, 0.05) is 16.6 Å². The third kappa shape index (κ3) is 6.29. The van der Waals surface area contributed by atoms with Crippen LogP contribution in [-0.4, -0.2) is 35.9 Å². The summed E-state index contributed by atoms with van der Waals surface area (Å²) in [6.45, 7) is 1.09. The van der Waals surface area contributed by atoms with Crippen molar-refractivity contribution in [1.29, 1.82) is 0 Å². The Morgan fingerprint density at radius 3 is 2.36 bits per heavy atom. The van der Waals surface area contributed by atoms with Gasteiger partial charge < -0.3 is 15.2 Å². The first-order valence-corrected chi connectivity index (χ1v) is 7.00. The highest BCUT2D eigenvalue weighted by atomic mass is 35.5. The fourth-order valence-electron chi connectivity index (χ4n) is 1.49. The Kier molecular flexibility index (Phi) is 6.77. The molecule has 0 spiro atoms. The summed E-state index contributed by atoms with van der Waals surface area (Å²) in [6.07, 6.45) is -8.77. The Morgan fingerprint density at radius 2 is 1.86 bits per heavy atom. The number of hydrogen-bond acceptors (Lipinski definition) is 3. The molecule has 22 heavy (non-hydrogen) atoms. The molecule has 1 aromatic carbocycles. The van der Waals surface area contributed by atoms with E-state index in [1.807, 2.05) is 0 Å². The van der Waals surface area contributed by atoms with Gasteiger partial charge in [0.2, 0.25) is 0 Å². The lowest BCUT2D eigenvalue weighted by atomic mass is 10.2. The number of carbonyl (C=O) groups excluding carboxylic acids is 1. The molecule has 2 N–H and O–H groups in total. The Hall–Kier alpha value is -1.18. The maximum absolute atomic E-state index is 12.1. The van der Waals surface area contributed by atoms with Crippen molar-refractivity contribution in [3.05, 3.63) is 28.2 Å². The lowest BCUT2D eigenvalue weighted by molar-refractivity contribution is -0.205. The second-order valence-corrected chi connectivity index (χ2v) is 5.38. The first-order valence-electron chi connectivity index (χ1n) is 6.25. The van der Waals surface area contributed by atoms with E-state index in [1.54, 1.807) is 0 Å². The van der Waals surface area contributed by atoms with Gasteiger partial charge in [-0.15, -0.1) is 0 Å². The molecule has 9 heteroatoms. The number of amides is 1. The summed E-state index contributed by atoms with van der Waals surface area (Å²) in [5.41, 5.74) is 0. The van der Waals surface area contributed by atoms with Crippen LogP contribution in [0, 0.1) is 0 Å². The van der Waals surface area contributed by atoms with Gasteiger partial charge in [0.1, 0.15) is 5.75 Å². The molecule has 1 aromatic rings. The molecule has 0 fully saturated rings. The molecule has 0 aromatic heterocycles. The Bertz CT molecular complexity index is 505. The number of aliphatic hydroxyl groups is 1. The van der Waals surface area contributed by atoms with Gasteiger partial charge in [-0.25, -0.2) is 0 Å². The van der Waals surface area contributed by atoms with Crippen molar-refractivity contribution in [2.45, 2.75) is 31.7 Å². The first kappa shape index (κ1) is 18.9. The van der Waals surface area contributed by atoms with E-state index in [0.29, 0.717) is 10.0 Å². The number of rotatable bonds is 6. The quantitative estimate of drug-likeness (QED) is 0.819. The summed E-state index contributed by atoms with van der Waals surface area (Å²) in [5.74, 6) is -0.360. The monoisotopic (exact) mass is 359 g/mol. The van der Waals surface area contributed by atoms with Crippen molar-refractivity contribution in [1.82, 2.24) is 5.32 Å². The van der Waals surface area contributed by atoms with Crippen molar-refractivity contribution in [2.75, 3.05) is 6.54 Å². The largest absolute Gasteiger partial charge is 0.481 e. The second kappa shape index (κ2) is 7.89. The van der Waals surface area contributed by atoms with Crippen LogP contribution in [0.3, 0.4) is 0 Å². The SMILES string of the molecule is C[C@H](Oc1cc(Cl)cc(Cl)c1)C(=O)NCC[C@@H](O)C(F)(F)F. The standard InChI is InChI=1S/C13H14Cl2F3NO3/c1-7(22-10-5-8(14)4-9(15)6-10)12(21)19-3-2-11(20)13(16,17)18/h4-7,11,20H,2-3H2,1H3,(H,19,21)/t7-,11+/m0/s1. The zero-order valence-corrected chi connectivity index (χ0v) is 13.0. The van der Waals surface area contributed by atoms with Crippen LogP contribution in [0.1, 0.15) is 13.3 Å². The molecular formula is C13H14Cl2F3NO3. The van der Waals surface area contributed by atoms with Gasteiger partial charge >= 0.3 is 6.18 Å². The Labute approximate surface area is 135 Å². The van der Waals surface area contributed by atoms with Gasteiger partial charge in [-0.2, -0.15) is 13.2 Å². The van der Waals surface area contributed by atoms with Crippen molar-refractivity contribution >= 4 is 29.1 Å². The smallest absolute Gasteiger partial charge is 0.414 e. The molecule has 124 valence electrons. The van der Waals surface area contributed by atoms with E-state index in [2.05, 4.69) is 5.32 Å². The summed E-state index contributed by atoms with van der Waals surface area (Å²) in [5, 5.41) is 11.7. The fraction of sp³-hybridized carbons (Fsp3) is 0.462. The summed E-state index contributed by atoms with van der Waals surface area (Å²) < 4.78 is 41.5. The van der Waals surface area contributed by atoms with E-state index < -0.39 is 30.7 Å². The third-order valence-electron chi connectivity index (χ3n) is 2.61. The molecule has 1 amide bonds. The van der Waals surface area contributed by atoms with E-state index in [0.717, 1.165) is 0 Å². The summed E-state index contributed by atoms with van der Waals surface area (Å²) in [4.78, 5) is 11.7. The van der Waals surface area contributed by atoms with E-state index >= 15 is 0 Å². The fourth-order valence-corrected chi connectivity index (χ4v) is 2.00. The van der Waals surface area contributed by atoms with Crippen molar-refractivity contribution < 1.29 is 27.8 Å². The number of halogens is 5. The molecular weight excluding hydrogens is 346 g/mol. The number of hydrogen-bond donors (Lipinski definition) is 2. The average molecular weight is 360 g/mol. The highest BCUT2D eigenvalue weighted by molar-refractivity contribution is 6.34. The van der Waals surface area contributed by atoms with Crippen LogP contribution in [0.4, 0.5) is 13.2 Å². The molecule has 2 atom stereocenters. The molecule has 0 bridgehead atoms. The molecule has 0 saturated heterocycles. The third-order valence-corrected chi connectivity index (χ3v) is 3.05. The zero-order chi connectivity index (χ0) is 16.9. The Balaban J connectivity index is 2.45. The maximum Gasteiger partial charge on any atom is 0.414 e. The van der Waals surface area contributed by atoms with Crippen molar-refractivity contribution in [3.8, 4) is 5.75 Å². The summed E-state index contributed by atoms with van der Waals surface area (Å²) in [7, 11) is 0. The minimum atomic E-state index is -4.70. The van der Waals surface area contributed by atoms with E-state index in [1.165, 1.54) is 25.1 Å². The van der Waals surface area contributed by atoms with Crippen LogP contribution in [-0.2, 0) is 4.79 Å². The Morgan fingerprint density at radius 1 is 1.32 bits per heavy atom. The molecule has 0 aliphatic carbocycles. The molecule has 0 aliphatic heterocycles. The van der Waals surface area contributed by atoms with E-state index in [9.17, 15) is 18.0 Å². The van der Waals surface area contributed by atoms with Gasteiger partial charge in [-0.3, -0.25) is 4.79 Å². The molecule has 1 rings (SSSR count). The van der Waals surface area contributed by atoms with Crippen LogP contribution in [0.15, 0.2) is 18.2 Å². The lowest BCUT2D eigenvalue weighted by Crippen LogP contribution is -2.39. The average Bonchev–Trinajstić information content (AvgIpc) is 2.35. The van der Waals surface area contributed by atoms with Crippen LogP contribution < -0.4 is 10.1 Å². The van der Waals surface area contributed by atoms with E-state index in [4.69, 9.17) is 33.0 Å². The predicted octanol–water partition coefficient (Wildman–Crippen LogP) is 3.19. The summed E-state index contributed by atoms with van der Waals surface area (Å²) in [6, 6.07) is 4.38. The topological polar surface area (TPSA) is 58.6 Å². The van der Waals surface area contributed by atoms with Gasteiger partial charge in [-0.1, -0.05) is 23.2 Å². The van der Waals surface area contributed by atoms with Crippen LogP contribution >= 0.6 is 23.2 Å². The maximum atomic E-state index is 12.1. The highest BCUT2D eigenvalue weighted by Gasteiger charge is 2.37. The van der Waals surface area contributed by atoms with Crippen LogP contribution in [0.5, 0.6) is 5.75 Å². The molecule has 0 saturated carbocycles. The van der Waals surface area contributed by atoms with Gasteiger partial charge in [0.25, 0.3) is 5.91 Å². The van der Waals surface area contributed by atoms with E-state index in [-0.39, 0.29) is 12.3 Å². The number of carbonyl (C=O) groups is 1. The normalized spacial score (nSPS) is 14.3. The van der Waals surface area contributed by atoms with Crippen LogP contribution in [0.25, 0.3) is 0 Å². The molecule has 0 aliphatic rings. The van der Waals surface area contributed by atoms with Gasteiger partial charge in [0.05, 0.1) is 0 Å². The first-order chi connectivity index (χ1) is 10.1. The zero-order valence-electron chi connectivity index (χ0n) is 11.5. The molecule has 0 unspecified atom stereocenters. The number of benzene rings is 1. The minimum Gasteiger partial charge on any atom is -0.481 e. The highest BCUT2D eigenvalue weighted by Crippen LogP contribution is 2.25. The number of aliphatic hydroxyl groups excluding tert-OH is 1. The molecule has 4 nitrogen and oxygen atoms in total. The number of alkyl halides is 3. The second-order valence-electron chi connectivity index (χ2n) is 4.50. The minimum absolute atomic E-state index is 0.260. The van der Waals surface area contributed by atoms with Crippen molar-refractivity contribution in [3.63, 3.8) is 0 Å². The molecule has 0 radical (unpaired) electrons. The summed E-state index contributed by atoms with van der Waals surface area (Å²) >= 11 is 11.5. The number of ether oxygens (including phenoxy) is 1.